The minimum atomic E-state index is -0.435. The second-order valence-electron chi connectivity index (χ2n) is 6.34. The maximum absolute atomic E-state index is 6.49. The zero-order chi connectivity index (χ0) is 18.8. The smallest absolute Gasteiger partial charge is 0.266 e. The quantitative estimate of drug-likeness (QED) is 0.495. The lowest BCUT2D eigenvalue weighted by atomic mass is 10.1. The molecule has 4 rings (SSSR count). The van der Waals surface area contributed by atoms with Crippen LogP contribution in [0.3, 0.4) is 0 Å². The van der Waals surface area contributed by atoms with Crippen molar-refractivity contribution in [2.75, 3.05) is 0 Å². The van der Waals surface area contributed by atoms with Crippen molar-refractivity contribution in [2.45, 2.75) is 26.2 Å². The van der Waals surface area contributed by atoms with Gasteiger partial charge < -0.3 is 14.2 Å². The predicted molar refractivity (Wildman–Crippen MR) is 108 cm³/mol. The molecule has 0 radical (unpaired) electrons. The van der Waals surface area contributed by atoms with Gasteiger partial charge in [-0.05, 0) is 55.8 Å². The van der Waals surface area contributed by atoms with Crippen LogP contribution in [0.25, 0.3) is 21.0 Å². The summed E-state index contributed by atoms with van der Waals surface area (Å²) in [6, 6.07) is 13.8. The van der Waals surface area contributed by atoms with Gasteiger partial charge in [-0.15, -0.1) is 11.3 Å². The molecule has 2 aromatic carbocycles. The number of thiazole rings is 1. The van der Waals surface area contributed by atoms with E-state index in [1.54, 1.807) is 11.3 Å². The fraction of sp³-hybridized carbons (Fsp3) is 0.190. The maximum Gasteiger partial charge on any atom is 0.266 e. The van der Waals surface area contributed by atoms with Gasteiger partial charge >= 0.3 is 0 Å². The molecule has 1 aliphatic heterocycles. The van der Waals surface area contributed by atoms with Crippen molar-refractivity contribution in [3.63, 3.8) is 0 Å². The summed E-state index contributed by atoms with van der Waals surface area (Å²) >= 11 is 8.09. The first-order chi connectivity index (χ1) is 13.1. The fourth-order valence-corrected chi connectivity index (χ4v) is 4.05. The molecule has 0 bridgehead atoms. The van der Waals surface area contributed by atoms with Gasteiger partial charge in [-0.3, -0.25) is 0 Å². The molecule has 0 unspecified atom stereocenters. The molecule has 0 atom stereocenters. The Bertz CT molecular complexity index is 958. The van der Waals surface area contributed by atoms with E-state index in [0.29, 0.717) is 5.02 Å². The van der Waals surface area contributed by atoms with Crippen LogP contribution in [0.5, 0.6) is 5.75 Å². The van der Waals surface area contributed by atoms with Crippen LogP contribution >= 0.6 is 22.9 Å². The number of hydrogen-bond acceptors (Lipinski definition) is 5. The number of hydrogen-bond donors (Lipinski definition) is 0. The molecule has 0 aliphatic carbocycles. The second-order valence-corrected chi connectivity index (χ2v) is 7.77. The van der Waals surface area contributed by atoms with E-state index in [0.717, 1.165) is 32.3 Å². The van der Waals surface area contributed by atoms with Gasteiger partial charge in [0, 0.05) is 17.3 Å². The third-order valence-corrected chi connectivity index (χ3v) is 5.36. The SMILES string of the molecule is CC(C)Oc1ccc(-c2cnc(-c3ccc(C4OC=CO4)cc3Cl)s2)cc1. The molecular formula is C21H18ClNO3S. The monoisotopic (exact) mass is 399 g/mol. The molecule has 0 saturated carbocycles. The molecule has 0 fully saturated rings. The molecule has 1 aromatic heterocycles. The lowest BCUT2D eigenvalue weighted by molar-refractivity contribution is -0.0245. The molecule has 27 heavy (non-hydrogen) atoms. The van der Waals surface area contributed by atoms with E-state index in [4.69, 9.17) is 25.8 Å². The molecule has 0 spiro atoms. The molecule has 0 N–H and O–H groups in total. The van der Waals surface area contributed by atoms with Gasteiger partial charge in [-0.1, -0.05) is 17.7 Å². The summed E-state index contributed by atoms with van der Waals surface area (Å²) < 4.78 is 16.4. The Hall–Kier alpha value is -2.50. The van der Waals surface area contributed by atoms with Crippen LogP contribution in [0, 0.1) is 0 Å². The highest BCUT2D eigenvalue weighted by Gasteiger charge is 2.18. The maximum atomic E-state index is 6.49. The topological polar surface area (TPSA) is 40.6 Å². The van der Waals surface area contributed by atoms with Crippen LogP contribution in [0.2, 0.25) is 5.02 Å². The number of rotatable bonds is 5. The number of benzene rings is 2. The van der Waals surface area contributed by atoms with Crippen molar-refractivity contribution < 1.29 is 14.2 Å². The van der Waals surface area contributed by atoms with E-state index >= 15 is 0 Å². The van der Waals surface area contributed by atoms with Crippen molar-refractivity contribution in [1.29, 1.82) is 0 Å². The largest absolute Gasteiger partial charge is 0.491 e. The minimum absolute atomic E-state index is 0.159. The normalized spacial score (nSPS) is 13.6. The molecule has 2 heterocycles. The van der Waals surface area contributed by atoms with Crippen LogP contribution in [0.1, 0.15) is 25.7 Å². The van der Waals surface area contributed by atoms with Gasteiger partial charge in [-0.2, -0.15) is 0 Å². The van der Waals surface area contributed by atoms with Gasteiger partial charge in [0.15, 0.2) is 0 Å². The van der Waals surface area contributed by atoms with E-state index in [9.17, 15) is 0 Å². The summed E-state index contributed by atoms with van der Waals surface area (Å²) in [6.45, 7) is 4.03. The highest BCUT2D eigenvalue weighted by molar-refractivity contribution is 7.18. The Morgan fingerprint density at radius 1 is 1.07 bits per heavy atom. The number of aromatic nitrogens is 1. The van der Waals surface area contributed by atoms with Gasteiger partial charge in [-0.25, -0.2) is 4.98 Å². The summed E-state index contributed by atoms with van der Waals surface area (Å²) in [5.41, 5.74) is 2.86. The average molecular weight is 400 g/mol. The molecule has 0 saturated heterocycles. The van der Waals surface area contributed by atoms with Crippen molar-refractivity contribution in [3.05, 3.63) is 71.8 Å². The van der Waals surface area contributed by atoms with Crippen LogP contribution in [-0.4, -0.2) is 11.1 Å². The molecule has 138 valence electrons. The van der Waals surface area contributed by atoms with Crippen molar-refractivity contribution >= 4 is 22.9 Å². The van der Waals surface area contributed by atoms with Gasteiger partial charge in [0.2, 0.25) is 0 Å². The summed E-state index contributed by atoms with van der Waals surface area (Å²) in [7, 11) is 0. The Balaban J connectivity index is 1.55. The standard InChI is InChI=1S/C21H18ClNO3S/c1-13(2)26-16-6-3-14(4-7-16)19-12-23-20(27-19)17-8-5-15(11-18(17)22)21-24-9-10-25-21/h3-13,21H,1-2H3. The molecule has 1 aliphatic rings. The molecule has 4 nitrogen and oxygen atoms in total. The van der Waals surface area contributed by atoms with Gasteiger partial charge in [0.1, 0.15) is 23.3 Å². The van der Waals surface area contributed by atoms with E-state index < -0.39 is 6.29 Å². The molecule has 6 heteroatoms. The number of ether oxygens (including phenoxy) is 3. The number of halogens is 1. The summed E-state index contributed by atoms with van der Waals surface area (Å²) in [4.78, 5) is 5.63. The summed E-state index contributed by atoms with van der Waals surface area (Å²) in [6.07, 6.45) is 4.64. The molecular weight excluding hydrogens is 382 g/mol. The van der Waals surface area contributed by atoms with E-state index in [1.807, 2.05) is 62.5 Å². The lowest BCUT2D eigenvalue weighted by Crippen LogP contribution is -2.04. The van der Waals surface area contributed by atoms with Crippen molar-refractivity contribution in [3.8, 4) is 26.8 Å². The van der Waals surface area contributed by atoms with Crippen molar-refractivity contribution in [1.82, 2.24) is 4.98 Å². The minimum Gasteiger partial charge on any atom is -0.491 e. The lowest BCUT2D eigenvalue weighted by Gasteiger charge is -2.11. The highest BCUT2D eigenvalue weighted by Crippen LogP contribution is 2.37. The van der Waals surface area contributed by atoms with Crippen LogP contribution in [0.4, 0.5) is 0 Å². The average Bonchev–Trinajstić information content (AvgIpc) is 3.34. The van der Waals surface area contributed by atoms with Gasteiger partial charge in [0.25, 0.3) is 6.29 Å². The first-order valence-corrected chi connectivity index (χ1v) is 9.78. The summed E-state index contributed by atoms with van der Waals surface area (Å²) in [5, 5.41) is 1.49. The zero-order valence-electron chi connectivity index (χ0n) is 14.9. The highest BCUT2D eigenvalue weighted by atomic mass is 35.5. The Morgan fingerprint density at radius 3 is 2.48 bits per heavy atom. The summed E-state index contributed by atoms with van der Waals surface area (Å²) in [5.74, 6) is 0.864. The van der Waals surface area contributed by atoms with Crippen molar-refractivity contribution in [2.24, 2.45) is 0 Å². The number of nitrogens with zero attached hydrogens (tertiary/aromatic N) is 1. The fourth-order valence-electron chi connectivity index (χ4n) is 2.75. The Morgan fingerprint density at radius 2 is 1.81 bits per heavy atom. The third kappa shape index (κ3) is 3.94. The molecule has 3 aromatic rings. The first kappa shape index (κ1) is 17.9. The van der Waals surface area contributed by atoms with E-state index in [-0.39, 0.29) is 6.10 Å². The predicted octanol–water partition coefficient (Wildman–Crippen LogP) is 6.43. The third-order valence-electron chi connectivity index (χ3n) is 3.97. The zero-order valence-corrected chi connectivity index (χ0v) is 16.5. The Labute approximate surface area is 167 Å². The van der Waals surface area contributed by atoms with Gasteiger partial charge in [0.05, 0.1) is 16.0 Å². The first-order valence-electron chi connectivity index (χ1n) is 8.59. The van der Waals surface area contributed by atoms with E-state index in [1.165, 1.54) is 12.5 Å². The Kier molecular flexibility index (Phi) is 5.05. The van der Waals surface area contributed by atoms with Crippen LogP contribution < -0.4 is 4.74 Å². The molecule has 0 amide bonds. The van der Waals surface area contributed by atoms with Crippen LogP contribution in [-0.2, 0) is 9.47 Å². The van der Waals surface area contributed by atoms with Crippen LogP contribution in [0.15, 0.2) is 61.2 Å². The second kappa shape index (κ2) is 7.62. The van der Waals surface area contributed by atoms with E-state index in [2.05, 4.69) is 4.98 Å².